The van der Waals surface area contributed by atoms with Gasteiger partial charge in [0.25, 0.3) is 0 Å². The summed E-state index contributed by atoms with van der Waals surface area (Å²) in [6.45, 7) is 7.73. The molecule has 1 aliphatic carbocycles. The van der Waals surface area contributed by atoms with Crippen molar-refractivity contribution in [2.75, 3.05) is 13.7 Å². The van der Waals surface area contributed by atoms with Gasteiger partial charge in [-0.2, -0.15) is 0 Å². The number of hydrogen-bond donors (Lipinski definition) is 1. The second-order valence-corrected chi connectivity index (χ2v) is 9.31. The Morgan fingerprint density at radius 3 is 2.43 bits per heavy atom. The van der Waals surface area contributed by atoms with Gasteiger partial charge in [-0.05, 0) is 65.4 Å². The van der Waals surface area contributed by atoms with E-state index in [4.69, 9.17) is 30.5 Å². The minimum atomic E-state index is -0.507. The van der Waals surface area contributed by atoms with Gasteiger partial charge in [0.15, 0.2) is 11.5 Å². The summed E-state index contributed by atoms with van der Waals surface area (Å²) in [6, 6.07) is 1.66. The number of rotatable bonds is 3. The molecule has 1 fully saturated rings. The number of hydrogen-bond acceptors (Lipinski definition) is 6. The van der Waals surface area contributed by atoms with Crippen LogP contribution in [0.25, 0.3) is 0 Å². The van der Waals surface area contributed by atoms with Crippen molar-refractivity contribution in [2.45, 2.75) is 71.1 Å². The molecular formula is C22H30ClNO6. The Morgan fingerprint density at radius 1 is 1.17 bits per heavy atom. The smallest absolute Gasteiger partial charge is 0.407 e. The molecule has 0 saturated heterocycles. The van der Waals surface area contributed by atoms with E-state index in [2.05, 4.69) is 5.32 Å². The highest BCUT2D eigenvalue weighted by atomic mass is 35.5. The standard InChI is InChI=1S/C22H30ClNO6/c1-12-15(20(25)27-5)10-16(23)19-18(12)28-11-17(29-19)13-6-8-14(9-7-13)24-21(26)30-22(2,3)4/h10,13-14,17H,6-9,11H2,1-5H3,(H,24,26)/t13?,14?,17-/m1/s1. The number of ether oxygens (including phenoxy) is 4. The van der Waals surface area contributed by atoms with Crippen LogP contribution in [0.2, 0.25) is 5.02 Å². The molecule has 0 radical (unpaired) electrons. The molecule has 1 aromatic carbocycles. The van der Waals surface area contributed by atoms with E-state index in [-0.39, 0.29) is 18.2 Å². The van der Waals surface area contributed by atoms with E-state index in [1.165, 1.54) is 7.11 Å². The first-order chi connectivity index (χ1) is 14.1. The zero-order valence-electron chi connectivity index (χ0n) is 18.2. The Balaban J connectivity index is 1.60. The molecule has 7 nitrogen and oxygen atoms in total. The molecular weight excluding hydrogens is 410 g/mol. The van der Waals surface area contributed by atoms with E-state index in [0.717, 1.165) is 25.7 Å². The van der Waals surface area contributed by atoms with Crippen LogP contribution in [0, 0.1) is 12.8 Å². The highest BCUT2D eigenvalue weighted by molar-refractivity contribution is 6.32. The zero-order chi connectivity index (χ0) is 22.1. The van der Waals surface area contributed by atoms with Crippen molar-refractivity contribution in [3.63, 3.8) is 0 Å². The highest BCUT2D eigenvalue weighted by Crippen LogP contribution is 2.45. The van der Waals surface area contributed by atoms with Gasteiger partial charge in [0, 0.05) is 11.6 Å². The summed E-state index contributed by atoms with van der Waals surface area (Å²) >= 11 is 6.38. The summed E-state index contributed by atoms with van der Waals surface area (Å²) < 4.78 is 22.3. The van der Waals surface area contributed by atoms with Crippen LogP contribution in [0.15, 0.2) is 6.07 Å². The number of fused-ring (bicyclic) bond motifs is 1. The average molecular weight is 440 g/mol. The fraction of sp³-hybridized carbons (Fsp3) is 0.636. The lowest BCUT2D eigenvalue weighted by molar-refractivity contribution is 0.0263. The molecule has 1 heterocycles. The number of nitrogens with one attached hydrogen (secondary N) is 1. The summed E-state index contributed by atoms with van der Waals surface area (Å²) in [4.78, 5) is 23.9. The maximum atomic E-state index is 12.0. The number of methoxy groups -OCH3 is 1. The van der Waals surface area contributed by atoms with E-state index in [1.807, 2.05) is 20.8 Å². The molecule has 0 aromatic heterocycles. The number of alkyl carbamates (subject to hydrolysis) is 1. The first kappa shape index (κ1) is 22.5. The first-order valence-corrected chi connectivity index (χ1v) is 10.7. The lowest BCUT2D eigenvalue weighted by Crippen LogP contribution is -2.44. The fourth-order valence-electron chi connectivity index (χ4n) is 4.00. The molecule has 0 unspecified atom stereocenters. The Kier molecular flexibility index (Phi) is 6.70. The number of carbonyl (C=O) groups is 2. The van der Waals surface area contributed by atoms with Gasteiger partial charge in [-0.25, -0.2) is 9.59 Å². The second-order valence-electron chi connectivity index (χ2n) is 8.91. The number of amides is 1. The highest BCUT2D eigenvalue weighted by Gasteiger charge is 2.35. The molecule has 166 valence electrons. The normalized spacial score (nSPS) is 23.5. The first-order valence-electron chi connectivity index (χ1n) is 10.3. The molecule has 30 heavy (non-hydrogen) atoms. The summed E-state index contributed by atoms with van der Waals surface area (Å²) in [5.74, 6) is 0.816. The van der Waals surface area contributed by atoms with Gasteiger partial charge in [-0.15, -0.1) is 0 Å². The average Bonchev–Trinajstić information content (AvgIpc) is 2.69. The van der Waals surface area contributed by atoms with Crippen LogP contribution in [0.4, 0.5) is 4.79 Å². The summed E-state index contributed by atoms with van der Waals surface area (Å²) in [5.41, 5.74) is 0.523. The van der Waals surface area contributed by atoms with Crippen LogP contribution in [-0.4, -0.2) is 43.5 Å². The van der Waals surface area contributed by atoms with Gasteiger partial charge in [0.05, 0.1) is 17.7 Å². The maximum Gasteiger partial charge on any atom is 0.407 e. The predicted octanol–water partition coefficient (Wildman–Crippen LogP) is 4.66. The Labute approximate surface area is 182 Å². The van der Waals surface area contributed by atoms with Crippen LogP contribution in [0.1, 0.15) is 62.4 Å². The lowest BCUT2D eigenvalue weighted by atomic mass is 9.82. The van der Waals surface area contributed by atoms with Gasteiger partial charge in [0.1, 0.15) is 18.3 Å². The van der Waals surface area contributed by atoms with Crippen LogP contribution in [0.3, 0.4) is 0 Å². The second kappa shape index (κ2) is 8.92. The Morgan fingerprint density at radius 2 is 1.83 bits per heavy atom. The molecule has 3 rings (SSSR count). The van der Waals surface area contributed by atoms with Crippen LogP contribution >= 0.6 is 11.6 Å². The van der Waals surface area contributed by atoms with Gasteiger partial charge in [0.2, 0.25) is 0 Å². The van der Waals surface area contributed by atoms with Gasteiger partial charge < -0.3 is 24.3 Å². The van der Waals surface area contributed by atoms with Crippen molar-refractivity contribution >= 4 is 23.7 Å². The third-order valence-corrected chi connectivity index (χ3v) is 5.80. The van der Waals surface area contributed by atoms with Crippen LogP contribution in [0.5, 0.6) is 11.5 Å². The molecule has 1 N–H and O–H groups in total. The molecule has 2 aliphatic rings. The van der Waals surface area contributed by atoms with E-state index >= 15 is 0 Å². The lowest BCUT2D eigenvalue weighted by Gasteiger charge is -2.37. The molecule has 1 saturated carbocycles. The third kappa shape index (κ3) is 5.12. The van der Waals surface area contributed by atoms with Crippen molar-refractivity contribution in [3.05, 3.63) is 22.2 Å². The molecule has 0 bridgehead atoms. The van der Waals surface area contributed by atoms with E-state index < -0.39 is 11.6 Å². The topological polar surface area (TPSA) is 83.1 Å². The zero-order valence-corrected chi connectivity index (χ0v) is 18.9. The summed E-state index contributed by atoms with van der Waals surface area (Å²) in [6.07, 6.45) is 3.01. The molecule has 1 aliphatic heterocycles. The van der Waals surface area contributed by atoms with Crippen molar-refractivity contribution in [1.82, 2.24) is 5.32 Å². The Hall–Kier alpha value is -2.15. The predicted molar refractivity (Wildman–Crippen MR) is 113 cm³/mol. The molecule has 0 spiro atoms. The molecule has 1 aromatic rings. The fourth-order valence-corrected chi connectivity index (χ4v) is 4.24. The van der Waals surface area contributed by atoms with Crippen LogP contribution < -0.4 is 14.8 Å². The Bertz CT molecular complexity index is 811. The minimum Gasteiger partial charge on any atom is -0.485 e. The van der Waals surface area contributed by atoms with E-state index in [1.54, 1.807) is 13.0 Å². The maximum absolute atomic E-state index is 12.0. The largest absolute Gasteiger partial charge is 0.485 e. The minimum absolute atomic E-state index is 0.0985. The number of esters is 1. The van der Waals surface area contributed by atoms with Crippen molar-refractivity contribution in [2.24, 2.45) is 5.92 Å². The molecule has 8 heteroatoms. The molecule has 1 amide bonds. The number of halogens is 1. The number of carbonyl (C=O) groups excluding carboxylic acids is 2. The monoisotopic (exact) mass is 439 g/mol. The van der Waals surface area contributed by atoms with Gasteiger partial charge in [-0.3, -0.25) is 0 Å². The van der Waals surface area contributed by atoms with E-state index in [9.17, 15) is 9.59 Å². The van der Waals surface area contributed by atoms with Crippen molar-refractivity contribution in [3.8, 4) is 11.5 Å². The molecule has 1 atom stereocenters. The van der Waals surface area contributed by atoms with Crippen molar-refractivity contribution < 1.29 is 28.5 Å². The van der Waals surface area contributed by atoms with Crippen LogP contribution in [-0.2, 0) is 9.47 Å². The SMILES string of the molecule is COC(=O)c1cc(Cl)c2c(c1C)OC[C@H](C1CCC(NC(=O)OC(C)(C)C)CC1)O2. The summed E-state index contributed by atoms with van der Waals surface area (Å²) in [7, 11) is 1.33. The van der Waals surface area contributed by atoms with Crippen molar-refractivity contribution in [1.29, 1.82) is 0 Å². The summed E-state index contributed by atoms with van der Waals surface area (Å²) in [5, 5.41) is 3.29. The quantitative estimate of drug-likeness (QED) is 0.689. The van der Waals surface area contributed by atoms with Gasteiger partial charge in [-0.1, -0.05) is 11.6 Å². The number of benzene rings is 1. The third-order valence-electron chi connectivity index (χ3n) is 5.52. The van der Waals surface area contributed by atoms with Gasteiger partial charge >= 0.3 is 12.1 Å². The van der Waals surface area contributed by atoms with E-state index in [0.29, 0.717) is 40.2 Å².